The summed E-state index contributed by atoms with van der Waals surface area (Å²) in [7, 11) is 0. The number of allylic oxidation sites excluding steroid dienone is 1. The lowest BCUT2D eigenvalue weighted by molar-refractivity contribution is -0.112. The van der Waals surface area contributed by atoms with Crippen molar-refractivity contribution in [2.75, 3.05) is 6.54 Å². The van der Waals surface area contributed by atoms with Gasteiger partial charge in [-0.2, -0.15) is 0 Å². The number of benzene rings is 1. The molecule has 0 unspecified atom stereocenters. The highest BCUT2D eigenvalue weighted by atomic mass is 16.2. The first-order valence-electron chi connectivity index (χ1n) is 5.28. The minimum Gasteiger partial charge on any atom is -0.308 e. The van der Waals surface area contributed by atoms with Crippen LogP contribution in [0.1, 0.15) is 29.8 Å². The first-order valence-corrected chi connectivity index (χ1v) is 5.28. The molecule has 1 amide bonds. The molecule has 1 aromatic rings. The molecule has 2 rings (SSSR count). The molecule has 0 atom stereocenters. The van der Waals surface area contributed by atoms with Crippen molar-refractivity contribution in [1.82, 2.24) is 4.90 Å². The third kappa shape index (κ3) is 1.54. The quantitative estimate of drug-likeness (QED) is 0.708. The van der Waals surface area contributed by atoms with Crippen LogP contribution in [0.3, 0.4) is 0 Å². The second-order valence-corrected chi connectivity index (χ2v) is 3.74. The molecule has 3 nitrogen and oxygen atoms in total. The molecule has 3 heteroatoms. The van der Waals surface area contributed by atoms with Gasteiger partial charge in [0.05, 0.1) is 5.70 Å². The summed E-state index contributed by atoms with van der Waals surface area (Å²) in [5.41, 5.74) is 2.25. The van der Waals surface area contributed by atoms with Crippen molar-refractivity contribution >= 4 is 17.4 Å². The average Bonchev–Trinajstić information content (AvgIpc) is 2.52. The molecule has 0 spiro atoms. The van der Waals surface area contributed by atoms with Crippen LogP contribution >= 0.6 is 0 Å². The lowest BCUT2D eigenvalue weighted by Crippen LogP contribution is -2.22. The molecule has 0 aliphatic carbocycles. The van der Waals surface area contributed by atoms with Crippen molar-refractivity contribution in [3.63, 3.8) is 0 Å². The maximum absolute atomic E-state index is 12.0. The van der Waals surface area contributed by atoms with Gasteiger partial charge in [0.25, 0.3) is 5.91 Å². The van der Waals surface area contributed by atoms with Crippen molar-refractivity contribution in [1.29, 1.82) is 0 Å². The fourth-order valence-electron chi connectivity index (χ4n) is 1.96. The Morgan fingerprint density at radius 3 is 2.50 bits per heavy atom. The van der Waals surface area contributed by atoms with Crippen molar-refractivity contribution < 1.29 is 9.59 Å². The number of amides is 1. The number of hydrogen-bond donors (Lipinski definition) is 0. The summed E-state index contributed by atoms with van der Waals surface area (Å²) in [6.45, 7) is 3.97. The number of rotatable bonds is 2. The van der Waals surface area contributed by atoms with Crippen LogP contribution in [0.25, 0.3) is 5.70 Å². The van der Waals surface area contributed by atoms with Gasteiger partial charge in [0, 0.05) is 23.7 Å². The predicted molar refractivity (Wildman–Crippen MR) is 61.8 cm³/mol. The molecule has 1 aliphatic rings. The van der Waals surface area contributed by atoms with Crippen LogP contribution in [-0.4, -0.2) is 23.1 Å². The lowest BCUT2D eigenvalue weighted by Gasteiger charge is -2.14. The Kier molecular flexibility index (Phi) is 2.60. The van der Waals surface area contributed by atoms with E-state index < -0.39 is 0 Å². The number of carbonyl (C=O) groups is 2. The molecule has 0 fully saturated rings. The van der Waals surface area contributed by atoms with Crippen LogP contribution in [-0.2, 0) is 4.79 Å². The highest BCUT2D eigenvalue weighted by Gasteiger charge is 2.30. The molecule has 16 heavy (non-hydrogen) atoms. The summed E-state index contributed by atoms with van der Waals surface area (Å²) in [5.74, 6) is -0.0662. The minimum atomic E-state index is -0.0436. The molecule has 82 valence electrons. The van der Waals surface area contributed by atoms with Crippen molar-refractivity contribution in [3.05, 3.63) is 41.5 Å². The molecule has 0 aromatic heterocycles. The normalized spacial score (nSPS) is 16.8. The Hall–Kier alpha value is -1.90. The molecule has 0 saturated heterocycles. The van der Waals surface area contributed by atoms with E-state index in [2.05, 4.69) is 0 Å². The fourth-order valence-corrected chi connectivity index (χ4v) is 1.96. The molecule has 0 bridgehead atoms. The standard InChI is InChI=1S/C13H13NO2/c1-3-14-12(8-9(2)15)10-6-4-5-7-11(10)13(14)16/h4-8H,3H2,1-2H3/b12-8+. The Balaban J connectivity index is 2.60. The zero-order valence-corrected chi connectivity index (χ0v) is 9.36. The van der Waals surface area contributed by atoms with Crippen molar-refractivity contribution in [3.8, 4) is 0 Å². The van der Waals surface area contributed by atoms with Crippen LogP contribution in [0.4, 0.5) is 0 Å². The van der Waals surface area contributed by atoms with E-state index >= 15 is 0 Å². The van der Waals surface area contributed by atoms with Gasteiger partial charge in [-0.3, -0.25) is 9.59 Å². The third-order valence-electron chi connectivity index (χ3n) is 2.63. The van der Waals surface area contributed by atoms with Crippen molar-refractivity contribution in [2.45, 2.75) is 13.8 Å². The monoisotopic (exact) mass is 215 g/mol. The van der Waals surface area contributed by atoms with Gasteiger partial charge < -0.3 is 4.90 Å². The highest BCUT2D eigenvalue weighted by Crippen LogP contribution is 2.31. The second kappa shape index (κ2) is 3.93. The van der Waals surface area contributed by atoms with Gasteiger partial charge in [-0.05, 0) is 19.9 Å². The molecule has 1 aromatic carbocycles. The van der Waals surface area contributed by atoms with Gasteiger partial charge in [0.15, 0.2) is 5.78 Å². The topological polar surface area (TPSA) is 37.4 Å². The van der Waals surface area contributed by atoms with Crippen LogP contribution in [0.15, 0.2) is 30.3 Å². The Bertz CT molecular complexity index is 488. The molecular formula is C13H13NO2. The van der Waals surface area contributed by atoms with E-state index in [1.54, 1.807) is 11.0 Å². The van der Waals surface area contributed by atoms with Gasteiger partial charge in [-0.1, -0.05) is 18.2 Å². The summed E-state index contributed by atoms with van der Waals surface area (Å²) < 4.78 is 0. The molecule has 0 radical (unpaired) electrons. The fraction of sp³-hybridized carbons (Fsp3) is 0.231. The van der Waals surface area contributed by atoms with Gasteiger partial charge in [0.2, 0.25) is 0 Å². The second-order valence-electron chi connectivity index (χ2n) is 3.74. The van der Waals surface area contributed by atoms with E-state index in [9.17, 15) is 9.59 Å². The first-order chi connectivity index (χ1) is 7.65. The van der Waals surface area contributed by atoms with Gasteiger partial charge in [0.1, 0.15) is 0 Å². The summed E-state index contributed by atoms with van der Waals surface area (Å²) in [6.07, 6.45) is 1.52. The number of carbonyl (C=O) groups excluding carboxylic acids is 2. The molecule has 0 N–H and O–H groups in total. The first kappa shape index (κ1) is 10.6. The smallest absolute Gasteiger partial charge is 0.258 e. The van der Waals surface area contributed by atoms with Crippen molar-refractivity contribution in [2.24, 2.45) is 0 Å². The molecule has 0 saturated carbocycles. The maximum atomic E-state index is 12.0. The summed E-state index contributed by atoms with van der Waals surface area (Å²) >= 11 is 0. The number of fused-ring (bicyclic) bond motifs is 1. The number of ketones is 1. The molecule has 1 aliphatic heterocycles. The average molecular weight is 215 g/mol. The number of hydrogen-bond acceptors (Lipinski definition) is 2. The Labute approximate surface area is 94.4 Å². The van der Waals surface area contributed by atoms with Gasteiger partial charge in [-0.15, -0.1) is 0 Å². The van der Waals surface area contributed by atoms with Crippen LogP contribution in [0, 0.1) is 0 Å². The zero-order chi connectivity index (χ0) is 11.7. The van der Waals surface area contributed by atoms with Gasteiger partial charge in [-0.25, -0.2) is 0 Å². The van der Waals surface area contributed by atoms with E-state index in [4.69, 9.17) is 0 Å². The van der Waals surface area contributed by atoms with Gasteiger partial charge >= 0.3 is 0 Å². The van der Waals surface area contributed by atoms with Crippen LogP contribution in [0.2, 0.25) is 0 Å². The van der Waals surface area contributed by atoms with E-state index in [-0.39, 0.29) is 11.7 Å². The van der Waals surface area contributed by atoms with E-state index in [1.807, 2.05) is 25.1 Å². The SMILES string of the molecule is CCN1C(=O)c2ccccc2/C1=C\C(C)=O. The Morgan fingerprint density at radius 2 is 1.94 bits per heavy atom. The molecule has 1 heterocycles. The lowest BCUT2D eigenvalue weighted by atomic mass is 10.1. The van der Waals surface area contributed by atoms with E-state index in [1.165, 1.54) is 13.0 Å². The van der Waals surface area contributed by atoms with Crippen LogP contribution in [0.5, 0.6) is 0 Å². The van der Waals surface area contributed by atoms with E-state index in [0.29, 0.717) is 12.1 Å². The molecular weight excluding hydrogens is 202 g/mol. The zero-order valence-electron chi connectivity index (χ0n) is 9.36. The number of nitrogens with zero attached hydrogens (tertiary/aromatic N) is 1. The van der Waals surface area contributed by atoms with Crippen LogP contribution < -0.4 is 0 Å². The Morgan fingerprint density at radius 1 is 1.31 bits per heavy atom. The third-order valence-corrected chi connectivity index (χ3v) is 2.63. The predicted octanol–water partition coefficient (Wildman–Crippen LogP) is 2.09. The maximum Gasteiger partial charge on any atom is 0.258 e. The highest BCUT2D eigenvalue weighted by molar-refractivity contribution is 6.12. The largest absolute Gasteiger partial charge is 0.308 e. The summed E-state index contributed by atoms with van der Waals surface area (Å²) in [5, 5.41) is 0. The summed E-state index contributed by atoms with van der Waals surface area (Å²) in [6, 6.07) is 7.37. The minimum absolute atomic E-state index is 0.0226. The van der Waals surface area contributed by atoms with E-state index in [0.717, 1.165) is 11.3 Å². The summed E-state index contributed by atoms with van der Waals surface area (Å²) in [4.78, 5) is 24.8.